The number of nitrogens with zero attached hydrogens (tertiary/aromatic N) is 3. The summed E-state index contributed by atoms with van der Waals surface area (Å²) >= 11 is 2.54. The number of furan rings is 1. The van der Waals surface area contributed by atoms with E-state index in [-0.39, 0.29) is 11.3 Å². The Hall–Kier alpha value is -3.30. The lowest BCUT2D eigenvalue weighted by atomic mass is 10.0. The maximum absolute atomic E-state index is 13.3. The number of benzene rings is 1. The quantitative estimate of drug-likeness (QED) is 0.509. The standard InChI is InChI=1S/C19H11N3O4S2/c23-16(12-8-10-4-1-2-5-11(10)26-12)14-15(13-6-3-7-27-13)22(18(25)17(14)24)19-21-20-9-28-19/h1-9,15,24H. The van der Waals surface area contributed by atoms with Gasteiger partial charge in [0.05, 0.1) is 5.57 Å². The number of aliphatic hydroxyl groups excluding tert-OH is 1. The van der Waals surface area contributed by atoms with E-state index in [9.17, 15) is 14.7 Å². The van der Waals surface area contributed by atoms with Crippen molar-refractivity contribution in [2.24, 2.45) is 0 Å². The van der Waals surface area contributed by atoms with Crippen LogP contribution in [0.2, 0.25) is 0 Å². The monoisotopic (exact) mass is 409 g/mol. The van der Waals surface area contributed by atoms with E-state index in [4.69, 9.17) is 4.42 Å². The second-order valence-corrected chi connectivity index (χ2v) is 7.85. The van der Waals surface area contributed by atoms with Crippen molar-refractivity contribution in [2.45, 2.75) is 6.04 Å². The highest BCUT2D eigenvalue weighted by molar-refractivity contribution is 7.13. The number of Topliss-reactive ketones (excluding diaryl/α,β-unsaturated/α-hetero) is 1. The Morgan fingerprint density at radius 2 is 2.04 bits per heavy atom. The summed E-state index contributed by atoms with van der Waals surface area (Å²) in [6.07, 6.45) is 0. The van der Waals surface area contributed by atoms with Crippen molar-refractivity contribution in [3.8, 4) is 0 Å². The molecule has 4 aromatic rings. The molecule has 0 radical (unpaired) electrons. The number of carbonyl (C=O) groups excluding carboxylic acids is 2. The van der Waals surface area contributed by atoms with Crippen LogP contribution in [-0.4, -0.2) is 27.0 Å². The Kier molecular flexibility index (Phi) is 3.85. The van der Waals surface area contributed by atoms with Crippen LogP contribution in [-0.2, 0) is 4.79 Å². The predicted molar refractivity (Wildman–Crippen MR) is 105 cm³/mol. The molecule has 0 saturated carbocycles. The number of ketones is 1. The first kappa shape index (κ1) is 16.8. The molecule has 1 aliphatic heterocycles. The van der Waals surface area contributed by atoms with Gasteiger partial charge in [-0.3, -0.25) is 14.5 Å². The fraction of sp³-hybridized carbons (Fsp3) is 0.0526. The molecule has 7 nitrogen and oxygen atoms in total. The van der Waals surface area contributed by atoms with E-state index in [1.807, 2.05) is 29.6 Å². The number of fused-ring (bicyclic) bond motifs is 1. The van der Waals surface area contributed by atoms with Crippen LogP contribution in [0.5, 0.6) is 0 Å². The zero-order valence-corrected chi connectivity index (χ0v) is 15.7. The van der Waals surface area contributed by atoms with Crippen LogP contribution < -0.4 is 4.90 Å². The third-order valence-electron chi connectivity index (χ3n) is 4.47. The van der Waals surface area contributed by atoms with Crippen molar-refractivity contribution >= 4 is 50.5 Å². The van der Waals surface area contributed by atoms with E-state index >= 15 is 0 Å². The number of hydrogen-bond acceptors (Lipinski definition) is 8. The number of aliphatic hydroxyl groups is 1. The normalized spacial score (nSPS) is 17.1. The maximum Gasteiger partial charge on any atom is 0.296 e. The molecule has 1 aliphatic rings. The average Bonchev–Trinajstić information content (AvgIpc) is 3.49. The van der Waals surface area contributed by atoms with Gasteiger partial charge in [0.25, 0.3) is 5.91 Å². The first-order chi connectivity index (χ1) is 13.6. The smallest absolute Gasteiger partial charge is 0.296 e. The maximum atomic E-state index is 13.3. The third-order valence-corrected chi connectivity index (χ3v) is 6.08. The zero-order chi connectivity index (χ0) is 19.3. The van der Waals surface area contributed by atoms with E-state index in [2.05, 4.69) is 10.2 Å². The Morgan fingerprint density at radius 3 is 2.75 bits per heavy atom. The molecular formula is C19H11N3O4S2. The van der Waals surface area contributed by atoms with Crippen molar-refractivity contribution in [3.05, 3.63) is 75.3 Å². The minimum Gasteiger partial charge on any atom is -0.503 e. The number of rotatable bonds is 4. The fourth-order valence-corrected chi connectivity index (χ4v) is 4.66. The summed E-state index contributed by atoms with van der Waals surface area (Å²) in [5, 5.41) is 21.2. The summed E-state index contributed by atoms with van der Waals surface area (Å²) in [7, 11) is 0. The lowest BCUT2D eigenvalue weighted by Crippen LogP contribution is -2.30. The topological polar surface area (TPSA) is 96.5 Å². The molecule has 4 heterocycles. The summed E-state index contributed by atoms with van der Waals surface area (Å²) in [5.41, 5.74) is 2.02. The summed E-state index contributed by atoms with van der Waals surface area (Å²) in [6.45, 7) is 0. The van der Waals surface area contributed by atoms with E-state index in [0.29, 0.717) is 10.7 Å². The molecule has 1 unspecified atom stereocenters. The molecule has 0 bridgehead atoms. The first-order valence-corrected chi connectivity index (χ1v) is 10.0. The Labute approximate surface area is 166 Å². The van der Waals surface area contributed by atoms with E-state index in [0.717, 1.165) is 21.6 Å². The summed E-state index contributed by atoms with van der Waals surface area (Å²) in [6, 6.07) is 11.7. The molecule has 0 saturated heterocycles. The van der Waals surface area contributed by atoms with Gasteiger partial charge in [-0.25, -0.2) is 0 Å². The van der Waals surface area contributed by atoms with Crippen molar-refractivity contribution < 1.29 is 19.1 Å². The molecule has 28 heavy (non-hydrogen) atoms. The van der Waals surface area contributed by atoms with Crippen LogP contribution in [0, 0.1) is 0 Å². The number of thiophene rings is 1. The van der Waals surface area contributed by atoms with Gasteiger partial charge in [-0.05, 0) is 23.6 Å². The number of hydrogen-bond donors (Lipinski definition) is 1. The molecule has 1 atom stereocenters. The van der Waals surface area contributed by atoms with Gasteiger partial charge in [-0.2, -0.15) is 0 Å². The second kappa shape index (κ2) is 6.39. The summed E-state index contributed by atoms with van der Waals surface area (Å²) in [4.78, 5) is 28.1. The van der Waals surface area contributed by atoms with E-state index in [1.165, 1.54) is 21.7 Å². The van der Waals surface area contributed by atoms with Crippen molar-refractivity contribution in [1.82, 2.24) is 10.2 Å². The molecule has 0 spiro atoms. The van der Waals surface area contributed by atoms with Crippen LogP contribution in [0.1, 0.15) is 21.5 Å². The number of carbonyl (C=O) groups is 2. The Balaban J connectivity index is 1.65. The molecule has 1 N–H and O–H groups in total. The van der Waals surface area contributed by atoms with Gasteiger partial charge >= 0.3 is 0 Å². The Bertz CT molecular complexity index is 1190. The number of para-hydroxylation sites is 1. The number of anilines is 1. The molecule has 0 fully saturated rings. The number of aromatic nitrogens is 2. The van der Waals surface area contributed by atoms with Gasteiger partial charge in [0.2, 0.25) is 10.9 Å². The lowest BCUT2D eigenvalue weighted by molar-refractivity contribution is -0.117. The zero-order valence-electron chi connectivity index (χ0n) is 14.1. The van der Waals surface area contributed by atoms with E-state index in [1.54, 1.807) is 18.2 Å². The van der Waals surface area contributed by atoms with Gasteiger partial charge in [0, 0.05) is 10.3 Å². The van der Waals surface area contributed by atoms with Gasteiger partial charge in [0.1, 0.15) is 17.1 Å². The van der Waals surface area contributed by atoms with Crippen molar-refractivity contribution in [1.29, 1.82) is 0 Å². The van der Waals surface area contributed by atoms with Gasteiger partial charge in [0.15, 0.2) is 11.5 Å². The molecule has 1 aromatic carbocycles. The van der Waals surface area contributed by atoms with Crippen LogP contribution in [0.25, 0.3) is 11.0 Å². The average molecular weight is 409 g/mol. The van der Waals surface area contributed by atoms with Crippen LogP contribution in [0.4, 0.5) is 5.13 Å². The summed E-state index contributed by atoms with van der Waals surface area (Å²) < 4.78 is 5.67. The van der Waals surface area contributed by atoms with Gasteiger partial charge in [-0.1, -0.05) is 35.6 Å². The molecular weight excluding hydrogens is 398 g/mol. The van der Waals surface area contributed by atoms with Gasteiger partial charge in [-0.15, -0.1) is 21.5 Å². The molecule has 9 heteroatoms. The largest absolute Gasteiger partial charge is 0.503 e. The van der Waals surface area contributed by atoms with Crippen molar-refractivity contribution in [3.63, 3.8) is 0 Å². The highest BCUT2D eigenvalue weighted by Crippen LogP contribution is 2.43. The number of amides is 1. The van der Waals surface area contributed by atoms with Crippen molar-refractivity contribution in [2.75, 3.05) is 4.90 Å². The first-order valence-electron chi connectivity index (χ1n) is 8.24. The minimum absolute atomic E-state index is 0.0262. The second-order valence-electron chi connectivity index (χ2n) is 6.05. The molecule has 1 amide bonds. The molecule has 3 aromatic heterocycles. The SMILES string of the molecule is O=C(C1=C(O)C(=O)N(c2nncs2)C1c1cccs1)c1cc2ccccc2o1. The van der Waals surface area contributed by atoms with Crippen LogP contribution in [0.15, 0.2) is 69.1 Å². The lowest BCUT2D eigenvalue weighted by Gasteiger charge is -2.22. The van der Waals surface area contributed by atoms with Gasteiger partial charge < -0.3 is 9.52 Å². The summed E-state index contributed by atoms with van der Waals surface area (Å²) in [5.74, 6) is -1.75. The fourth-order valence-electron chi connectivity index (χ4n) is 3.25. The molecule has 138 valence electrons. The van der Waals surface area contributed by atoms with Crippen LogP contribution >= 0.6 is 22.7 Å². The van der Waals surface area contributed by atoms with E-state index < -0.39 is 23.5 Å². The highest BCUT2D eigenvalue weighted by atomic mass is 32.1. The molecule has 0 aliphatic carbocycles. The third kappa shape index (κ3) is 2.48. The highest BCUT2D eigenvalue weighted by Gasteiger charge is 2.47. The minimum atomic E-state index is -0.791. The van der Waals surface area contributed by atoms with Crippen LogP contribution in [0.3, 0.4) is 0 Å². The Morgan fingerprint density at radius 1 is 1.18 bits per heavy atom. The molecule has 5 rings (SSSR count). The predicted octanol–water partition coefficient (Wildman–Crippen LogP) is 4.13.